The molecule has 1 aliphatic rings. The van der Waals surface area contributed by atoms with Crippen molar-refractivity contribution in [3.63, 3.8) is 0 Å². The van der Waals surface area contributed by atoms with Crippen molar-refractivity contribution in [2.45, 2.75) is 33.7 Å². The number of hydrogen-bond donors (Lipinski definition) is 3. The van der Waals surface area contributed by atoms with Gasteiger partial charge in [0.15, 0.2) is 5.11 Å². The van der Waals surface area contributed by atoms with Crippen molar-refractivity contribution in [2.75, 3.05) is 23.8 Å². The number of ether oxygens (including phenoxy) is 1. The van der Waals surface area contributed by atoms with Crippen LogP contribution in [0.4, 0.5) is 20.6 Å². The second-order valence-corrected chi connectivity index (χ2v) is 8.72. The Bertz CT molecular complexity index is 1120. The zero-order valence-corrected chi connectivity index (χ0v) is 20.5. The fourth-order valence-corrected chi connectivity index (χ4v) is 4.04. The quantitative estimate of drug-likeness (QED) is 0.370. The zero-order valence-electron chi connectivity index (χ0n) is 19.6. The van der Waals surface area contributed by atoms with E-state index in [1.165, 1.54) is 18.2 Å². The second kappa shape index (κ2) is 11.1. The van der Waals surface area contributed by atoms with E-state index in [1.807, 2.05) is 38.7 Å². The average Bonchev–Trinajstić information content (AvgIpc) is 2.77. The predicted octanol–water partition coefficient (Wildman–Crippen LogP) is 5.19. The normalized spacial score (nSPS) is 15.8. The molecule has 180 valence electrons. The van der Waals surface area contributed by atoms with Crippen molar-refractivity contribution >= 4 is 40.7 Å². The summed E-state index contributed by atoms with van der Waals surface area (Å²) in [5.74, 6) is -0.654. The van der Waals surface area contributed by atoms with Crippen molar-refractivity contribution in [3.05, 3.63) is 71.2 Å². The van der Waals surface area contributed by atoms with Crippen LogP contribution in [0.3, 0.4) is 0 Å². The van der Waals surface area contributed by atoms with Gasteiger partial charge in [0.1, 0.15) is 5.82 Å². The maximum absolute atomic E-state index is 13.4. The summed E-state index contributed by atoms with van der Waals surface area (Å²) >= 11 is 5.53. The summed E-state index contributed by atoms with van der Waals surface area (Å²) in [6.07, 6.45) is 0. The molecule has 1 atom stereocenters. The molecule has 1 heterocycles. The zero-order chi connectivity index (χ0) is 24.8. The fraction of sp³-hybridized carbons (Fsp3) is 0.320. The van der Waals surface area contributed by atoms with Gasteiger partial charge in [0.2, 0.25) is 0 Å². The van der Waals surface area contributed by atoms with Crippen LogP contribution in [0.15, 0.2) is 59.8 Å². The molecule has 3 rings (SSSR count). The first kappa shape index (κ1) is 25.2. The summed E-state index contributed by atoms with van der Waals surface area (Å²) in [5.41, 5.74) is 2.77. The lowest BCUT2D eigenvalue weighted by molar-refractivity contribution is -0.140. The molecule has 0 spiro atoms. The van der Waals surface area contributed by atoms with Gasteiger partial charge in [-0.1, -0.05) is 32.0 Å². The Morgan fingerprint density at radius 1 is 1.15 bits per heavy atom. The van der Waals surface area contributed by atoms with E-state index in [-0.39, 0.29) is 5.92 Å². The van der Waals surface area contributed by atoms with E-state index < -0.39 is 23.9 Å². The number of carbonyl (C=O) groups excluding carboxylic acids is 2. The first-order valence-electron chi connectivity index (χ1n) is 11.1. The molecule has 7 nitrogen and oxygen atoms in total. The van der Waals surface area contributed by atoms with Crippen LogP contribution in [0.2, 0.25) is 0 Å². The Kier molecular flexibility index (Phi) is 8.22. The molecule has 0 saturated carbocycles. The van der Waals surface area contributed by atoms with Gasteiger partial charge in [0.25, 0.3) is 0 Å². The lowest BCUT2D eigenvalue weighted by Gasteiger charge is -2.37. The van der Waals surface area contributed by atoms with Crippen LogP contribution < -0.4 is 16.0 Å². The average molecular weight is 485 g/mol. The van der Waals surface area contributed by atoms with E-state index >= 15 is 0 Å². The summed E-state index contributed by atoms with van der Waals surface area (Å²) in [6, 6.07) is 11.7. The van der Waals surface area contributed by atoms with E-state index in [1.54, 1.807) is 24.3 Å². The van der Waals surface area contributed by atoms with E-state index in [4.69, 9.17) is 17.0 Å². The number of halogens is 1. The number of amides is 2. The van der Waals surface area contributed by atoms with Crippen LogP contribution in [-0.4, -0.2) is 35.2 Å². The molecule has 0 unspecified atom stereocenters. The molecule has 3 N–H and O–H groups in total. The SMILES string of the molecule is CCN1C(=S)N[C@@H](c2cccc(NC(=O)Nc3cccc(F)c3)c2)C(C(=O)OCC(C)C)=C1C. The van der Waals surface area contributed by atoms with Gasteiger partial charge in [-0.15, -0.1) is 0 Å². The van der Waals surface area contributed by atoms with Crippen molar-refractivity contribution in [3.8, 4) is 0 Å². The highest BCUT2D eigenvalue weighted by atomic mass is 32.1. The van der Waals surface area contributed by atoms with Crippen LogP contribution in [0.5, 0.6) is 0 Å². The molecule has 0 saturated heterocycles. The smallest absolute Gasteiger partial charge is 0.338 e. The molecular formula is C25H29FN4O3S. The Balaban J connectivity index is 1.85. The van der Waals surface area contributed by atoms with Gasteiger partial charge < -0.3 is 25.6 Å². The Morgan fingerprint density at radius 2 is 1.79 bits per heavy atom. The topological polar surface area (TPSA) is 82.7 Å². The molecular weight excluding hydrogens is 455 g/mol. The van der Waals surface area contributed by atoms with Crippen LogP contribution in [0.1, 0.15) is 39.3 Å². The third-order valence-corrected chi connectivity index (χ3v) is 5.58. The number of carbonyl (C=O) groups is 2. The summed E-state index contributed by atoms with van der Waals surface area (Å²) in [7, 11) is 0. The number of benzene rings is 2. The Morgan fingerprint density at radius 3 is 2.41 bits per heavy atom. The summed E-state index contributed by atoms with van der Waals surface area (Å²) in [6.45, 7) is 8.67. The largest absolute Gasteiger partial charge is 0.462 e. The first-order chi connectivity index (χ1) is 16.2. The number of allylic oxidation sites excluding steroid dienone is 1. The van der Waals surface area contributed by atoms with Gasteiger partial charge in [0, 0.05) is 23.6 Å². The molecule has 0 aromatic heterocycles. The van der Waals surface area contributed by atoms with Crippen LogP contribution in [0, 0.1) is 11.7 Å². The van der Waals surface area contributed by atoms with Gasteiger partial charge in [-0.25, -0.2) is 14.0 Å². The lowest BCUT2D eigenvalue weighted by atomic mass is 9.94. The minimum absolute atomic E-state index is 0.201. The van der Waals surface area contributed by atoms with Crippen molar-refractivity contribution in [1.82, 2.24) is 10.2 Å². The molecule has 1 aliphatic heterocycles. The minimum atomic E-state index is -0.539. The van der Waals surface area contributed by atoms with Gasteiger partial charge in [-0.2, -0.15) is 0 Å². The van der Waals surface area contributed by atoms with Crippen LogP contribution >= 0.6 is 12.2 Å². The van der Waals surface area contributed by atoms with Gasteiger partial charge in [-0.3, -0.25) is 0 Å². The number of nitrogens with zero attached hydrogens (tertiary/aromatic N) is 1. The van der Waals surface area contributed by atoms with Gasteiger partial charge in [-0.05, 0) is 67.9 Å². The van der Waals surface area contributed by atoms with E-state index in [2.05, 4.69) is 16.0 Å². The summed E-state index contributed by atoms with van der Waals surface area (Å²) in [4.78, 5) is 27.3. The predicted molar refractivity (Wildman–Crippen MR) is 135 cm³/mol. The lowest BCUT2D eigenvalue weighted by Crippen LogP contribution is -2.47. The highest BCUT2D eigenvalue weighted by Crippen LogP contribution is 2.32. The molecule has 9 heteroatoms. The molecule has 2 amide bonds. The number of nitrogens with one attached hydrogen (secondary N) is 3. The fourth-order valence-electron chi connectivity index (χ4n) is 3.65. The third-order valence-electron chi connectivity index (χ3n) is 5.24. The van der Waals surface area contributed by atoms with Gasteiger partial charge in [0.05, 0.1) is 18.2 Å². The Hall–Kier alpha value is -3.46. The number of rotatable bonds is 7. The number of thiocarbonyl (C=S) groups is 1. The van der Waals surface area contributed by atoms with E-state index in [0.717, 1.165) is 11.3 Å². The second-order valence-electron chi connectivity index (χ2n) is 8.33. The van der Waals surface area contributed by atoms with Crippen LogP contribution in [-0.2, 0) is 9.53 Å². The number of urea groups is 1. The maximum atomic E-state index is 13.4. The van der Waals surface area contributed by atoms with Crippen LogP contribution in [0.25, 0.3) is 0 Å². The molecule has 0 fully saturated rings. The standard InChI is InChI=1S/C25H29FN4O3S/c1-5-30-16(4)21(23(31)33-14-15(2)3)22(29-25(30)34)17-8-6-10-19(12-17)27-24(32)28-20-11-7-9-18(26)13-20/h6-13,15,22H,5,14H2,1-4H3,(H,29,34)(H2,27,28,32)/t22-/m0/s1. The molecule has 2 aromatic rings. The third kappa shape index (κ3) is 6.11. The highest BCUT2D eigenvalue weighted by molar-refractivity contribution is 7.80. The van der Waals surface area contributed by atoms with E-state index in [9.17, 15) is 14.0 Å². The minimum Gasteiger partial charge on any atom is -0.462 e. The molecule has 2 aromatic carbocycles. The molecule has 0 bridgehead atoms. The maximum Gasteiger partial charge on any atom is 0.338 e. The van der Waals surface area contributed by atoms with Gasteiger partial charge >= 0.3 is 12.0 Å². The monoisotopic (exact) mass is 484 g/mol. The summed E-state index contributed by atoms with van der Waals surface area (Å²) in [5, 5.41) is 9.08. The Labute approximate surface area is 204 Å². The van der Waals surface area contributed by atoms with E-state index in [0.29, 0.717) is 35.2 Å². The number of esters is 1. The van der Waals surface area contributed by atoms with Crippen molar-refractivity contribution in [2.24, 2.45) is 5.92 Å². The van der Waals surface area contributed by atoms with Crippen molar-refractivity contribution in [1.29, 1.82) is 0 Å². The highest BCUT2D eigenvalue weighted by Gasteiger charge is 2.34. The molecule has 0 radical (unpaired) electrons. The van der Waals surface area contributed by atoms with Crippen molar-refractivity contribution < 1.29 is 18.7 Å². The number of anilines is 2. The molecule has 0 aliphatic carbocycles. The summed E-state index contributed by atoms with van der Waals surface area (Å²) < 4.78 is 18.9. The molecule has 34 heavy (non-hydrogen) atoms. The first-order valence-corrected chi connectivity index (χ1v) is 11.5. The number of hydrogen-bond acceptors (Lipinski definition) is 4.